The van der Waals surface area contributed by atoms with Gasteiger partial charge < -0.3 is 11.1 Å². The van der Waals surface area contributed by atoms with E-state index < -0.39 is 0 Å². The Morgan fingerprint density at radius 2 is 2.33 bits per heavy atom. The molecule has 1 aliphatic rings. The Kier molecular flexibility index (Phi) is 3.16. The molecule has 1 unspecified atom stereocenters. The number of anilines is 1. The minimum atomic E-state index is 0.562. The molecule has 0 aromatic carbocycles. The summed E-state index contributed by atoms with van der Waals surface area (Å²) in [6.45, 7) is 3.01. The fraction of sp³-hybridized carbons (Fsp3) is 0.636. The maximum atomic E-state index is 5.69. The molecule has 2 rings (SSSR count). The third-order valence-corrected chi connectivity index (χ3v) is 2.78. The van der Waals surface area contributed by atoms with Crippen LogP contribution in [-0.4, -0.2) is 22.6 Å². The summed E-state index contributed by atoms with van der Waals surface area (Å²) in [4.78, 5) is 8.47. The standard InChI is InChI=1S/C11H18N4/c1-8-14-10(7-11(12)15-8)6-9-4-2-3-5-13-9/h7,9,13H,2-6H2,1H3,(H2,12,14,15). The molecule has 3 N–H and O–H groups in total. The van der Waals surface area contributed by atoms with E-state index in [1.54, 1.807) is 0 Å². The summed E-state index contributed by atoms with van der Waals surface area (Å²) in [6.07, 6.45) is 4.81. The average Bonchev–Trinajstić information content (AvgIpc) is 2.17. The van der Waals surface area contributed by atoms with E-state index in [0.717, 1.165) is 24.5 Å². The molecular formula is C11H18N4. The van der Waals surface area contributed by atoms with Gasteiger partial charge in [0, 0.05) is 24.2 Å². The van der Waals surface area contributed by atoms with Crippen LogP contribution in [0.25, 0.3) is 0 Å². The lowest BCUT2D eigenvalue weighted by atomic mass is 10.0. The van der Waals surface area contributed by atoms with E-state index >= 15 is 0 Å². The van der Waals surface area contributed by atoms with Crippen molar-refractivity contribution in [3.8, 4) is 0 Å². The van der Waals surface area contributed by atoms with Crippen LogP contribution >= 0.6 is 0 Å². The Morgan fingerprint density at radius 1 is 1.47 bits per heavy atom. The van der Waals surface area contributed by atoms with Crippen LogP contribution in [0.15, 0.2) is 6.07 Å². The van der Waals surface area contributed by atoms with Crippen molar-refractivity contribution in [2.24, 2.45) is 0 Å². The van der Waals surface area contributed by atoms with Gasteiger partial charge in [-0.15, -0.1) is 0 Å². The Bertz CT molecular complexity index is 311. The van der Waals surface area contributed by atoms with Gasteiger partial charge in [-0.05, 0) is 26.3 Å². The van der Waals surface area contributed by atoms with Crippen LogP contribution in [0.1, 0.15) is 30.8 Å². The lowest BCUT2D eigenvalue weighted by molar-refractivity contribution is 0.397. The van der Waals surface area contributed by atoms with E-state index in [0.29, 0.717) is 11.9 Å². The fourth-order valence-corrected chi connectivity index (χ4v) is 2.11. The Balaban J connectivity index is 2.02. The van der Waals surface area contributed by atoms with Gasteiger partial charge in [0.2, 0.25) is 0 Å². The number of nitrogens with two attached hydrogens (primary N) is 1. The highest BCUT2D eigenvalue weighted by Gasteiger charge is 2.14. The molecule has 0 saturated carbocycles. The molecule has 1 saturated heterocycles. The van der Waals surface area contributed by atoms with Gasteiger partial charge in [-0.25, -0.2) is 9.97 Å². The number of hydrogen-bond donors (Lipinski definition) is 2. The van der Waals surface area contributed by atoms with Crippen molar-refractivity contribution in [1.29, 1.82) is 0 Å². The van der Waals surface area contributed by atoms with Gasteiger partial charge in [-0.3, -0.25) is 0 Å². The van der Waals surface area contributed by atoms with E-state index in [1.807, 2.05) is 13.0 Å². The van der Waals surface area contributed by atoms with E-state index in [2.05, 4.69) is 15.3 Å². The molecule has 0 amide bonds. The fourth-order valence-electron chi connectivity index (χ4n) is 2.11. The van der Waals surface area contributed by atoms with Crippen LogP contribution in [0.4, 0.5) is 5.82 Å². The van der Waals surface area contributed by atoms with Gasteiger partial charge in [-0.2, -0.15) is 0 Å². The molecule has 0 aliphatic carbocycles. The van der Waals surface area contributed by atoms with Crippen LogP contribution < -0.4 is 11.1 Å². The summed E-state index contributed by atoms with van der Waals surface area (Å²) < 4.78 is 0. The Hall–Kier alpha value is -1.16. The highest BCUT2D eigenvalue weighted by molar-refractivity contribution is 5.29. The largest absolute Gasteiger partial charge is 0.384 e. The second-order valence-corrected chi connectivity index (χ2v) is 4.18. The summed E-state index contributed by atoms with van der Waals surface area (Å²) in [5.41, 5.74) is 6.75. The summed E-state index contributed by atoms with van der Waals surface area (Å²) in [5, 5.41) is 3.51. The van der Waals surface area contributed by atoms with E-state index in [1.165, 1.54) is 19.3 Å². The maximum absolute atomic E-state index is 5.69. The van der Waals surface area contributed by atoms with E-state index in [4.69, 9.17) is 5.73 Å². The number of aromatic nitrogens is 2. The van der Waals surface area contributed by atoms with Gasteiger partial charge in [0.25, 0.3) is 0 Å². The highest BCUT2D eigenvalue weighted by Crippen LogP contribution is 2.12. The third kappa shape index (κ3) is 2.89. The maximum Gasteiger partial charge on any atom is 0.127 e. The summed E-state index contributed by atoms with van der Waals surface area (Å²) >= 11 is 0. The van der Waals surface area contributed by atoms with Gasteiger partial charge >= 0.3 is 0 Å². The predicted octanol–water partition coefficient (Wildman–Crippen LogP) is 1.05. The molecule has 0 bridgehead atoms. The topological polar surface area (TPSA) is 63.8 Å². The predicted molar refractivity (Wildman–Crippen MR) is 60.5 cm³/mol. The van der Waals surface area contributed by atoms with Gasteiger partial charge in [0.05, 0.1) is 0 Å². The molecule has 15 heavy (non-hydrogen) atoms. The summed E-state index contributed by atoms with van der Waals surface area (Å²) in [5.74, 6) is 1.34. The summed E-state index contributed by atoms with van der Waals surface area (Å²) in [6, 6.07) is 2.44. The zero-order valence-electron chi connectivity index (χ0n) is 9.16. The molecule has 0 radical (unpaired) electrons. The molecule has 1 atom stereocenters. The van der Waals surface area contributed by atoms with Crippen LogP contribution in [0.2, 0.25) is 0 Å². The first kappa shape index (κ1) is 10.4. The number of piperidine rings is 1. The van der Waals surface area contributed by atoms with Crippen molar-refractivity contribution >= 4 is 5.82 Å². The van der Waals surface area contributed by atoms with Crippen LogP contribution in [0.3, 0.4) is 0 Å². The lowest BCUT2D eigenvalue weighted by Crippen LogP contribution is -2.35. The van der Waals surface area contributed by atoms with Crippen molar-refractivity contribution in [1.82, 2.24) is 15.3 Å². The molecule has 82 valence electrons. The van der Waals surface area contributed by atoms with Crippen molar-refractivity contribution in [3.05, 3.63) is 17.6 Å². The van der Waals surface area contributed by atoms with Crippen LogP contribution in [0.5, 0.6) is 0 Å². The zero-order chi connectivity index (χ0) is 10.7. The molecule has 4 heteroatoms. The second-order valence-electron chi connectivity index (χ2n) is 4.18. The molecule has 2 heterocycles. The molecule has 4 nitrogen and oxygen atoms in total. The number of hydrogen-bond acceptors (Lipinski definition) is 4. The van der Waals surface area contributed by atoms with E-state index in [9.17, 15) is 0 Å². The zero-order valence-corrected chi connectivity index (χ0v) is 9.16. The normalized spacial score (nSPS) is 21.5. The molecule has 1 fully saturated rings. The van der Waals surface area contributed by atoms with Crippen LogP contribution in [0, 0.1) is 6.92 Å². The van der Waals surface area contributed by atoms with Gasteiger partial charge in [0.15, 0.2) is 0 Å². The van der Waals surface area contributed by atoms with Gasteiger partial charge in [-0.1, -0.05) is 6.42 Å². The monoisotopic (exact) mass is 206 g/mol. The van der Waals surface area contributed by atoms with Crippen LogP contribution in [-0.2, 0) is 6.42 Å². The SMILES string of the molecule is Cc1nc(N)cc(CC2CCCCN2)n1. The molecule has 1 aromatic rings. The molecule has 1 aliphatic heterocycles. The molecule has 1 aromatic heterocycles. The molecule has 0 spiro atoms. The second kappa shape index (κ2) is 4.57. The summed E-state index contributed by atoms with van der Waals surface area (Å²) in [7, 11) is 0. The minimum absolute atomic E-state index is 0.562. The lowest BCUT2D eigenvalue weighted by Gasteiger charge is -2.23. The average molecular weight is 206 g/mol. The minimum Gasteiger partial charge on any atom is -0.384 e. The van der Waals surface area contributed by atoms with Gasteiger partial charge in [0.1, 0.15) is 11.6 Å². The third-order valence-electron chi connectivity index (χ3n) is 2.78. The number of rotatable bonds is 2. The quantitative estimate of drug-likeness (QED) is 0.759. The van der Waals surface area contributed by atoms with Crippen molar-refractivity contribution in [2.45, 2.75) is 38.6 Å². The Labute approximate surface area is 90.3 Å². The first-order valence-electron chi connectivity index (χ1n) is 5.57. The number of nitrogen functional groups attached to an aromatic ring is 1. The van der Waals surface area contributed by atoms with Crippen molar-refractivity contribution in [2.75, 3.05) is 12.3 Å². The number of nitrogens with one attached hydrogen (secondary N) is 1. The van der Waals surface area contributed by atoms with Crippen molar-refractivity contribution < 1.29 is 0 Å². The number of nitrogens with zero attached hydrogens (tertiary/aromatic N) is 2. The first-order valence-corrected chi connectivity index (χ1v) is 5.57. The van der Waals surface area contributed by atoms with E-state index in [-0.39, 0.29) is 0 Å². The first-order chi connectivity index (χ1) is 7.24. The Morgan fingerprint density at radius 3 is 3.00 bits per heavy atom. The highest BCUT2D eigenvalue weighted by atomic mass is 15.0. The smallest absolute Gasteiger partial charge is 0.127 e. The van der Waals surface area contributed by atoms with Crippen molar-refractivity contribution in [3.63, 3.8) is 0 Å². The molecular weight excluding hydrogens is 188 g/mol. The number of aryl methyl sites for hydroxylation is 1.